The van der Waals surface area contributed by atoms with Crippen LogP contribution >= 0.6 is 0 Å². The van der Waals surface area contributed by atoms with Gasteiger partial charge in [-0.15, -0.1) is 0 Å². The zero-order valence-electron chi connectivity index (χ0n) is 2.77. The van der Waals surface area contributed by atoms with Gasteiger partial charge < -0.3 is 21.9 Å². The first kappa shape index (κ1) is 232. The van der Waals surface area contributed by atoms with Crippen LogP contribution in [0.2, 0.25) is 0 Å². The Morgan fingerprint density at radius 2 is 0.571 bits per heavy atom. The van der Waals surface area contributed by atoms with Crippen LogP contribution in [-0.2, 0) is 73.4 Å². The molecule has 7 heavy (non-hydrogen) atoms. The molecule has 0 atom stereocenters. The first-order valence-electron chi connectivity index (χ1n) is 0. The van der Waals surface area contributed by atoms with Gasteiger partial charge in [-0.05, 0) is 0 Å². The topological polar surface area (TPSA) is 114 Å². The van der Waals surface area contributed by atoms with E-state index in [1.807, 2.05) is 0 Å². The molecule has 0 aromatic rings. The molecule has 0 aromatic carbocycles. The van der Waals surface area contributed by atoms with E-state index in [9.17, 15) is 0 Å². The van der Waals surface area contributed by atoms with Gasteiger partial charge in [0.2, 0.25) is 0 Å². The van der Waals surface area contributed by atoms with Crippen molar-refractivity contribution in [3.05, 3.63) is 0 Å². The van der Waals surface area contributed by atoms with Crippen molar-refractivity contribution in [2.24, 2.45) is 0 Å². The molecule has 0 aliphatic carbocycles. The fraction of sp³-hybridized carbons (Fsp3) is 0. The summed E-state index contributed by atoms with van der Waals surface area (Å²) in [7, 11) is 0. The quantitative estimate of drug-likeness (QED) is 0.497. The van der Waals surface area contributed by atoms with E-state index in [-0.39, 0.29) is 73.4 Å². The van der Waals surface area contributed by atoms with Crippen molar-refractivity contribution < 1.29 is 73.4 Å². The molecular formula is CrFeMnO4. The van der Waals surface area contributed by atoms with Crippen molar-refractivity contribution in [2.75, 3.05) is 0 Å². The maximum atomic E-state index is 0. The summed E-state index contributed by atoms with van der Waals surface area (Å²) in [5.41, 5.74) is 0. The largest absolute Gasteiger partial charge is 3.00 e. The maximum absolute atomic E-state index is 0. The van der Waals surface area contributed by atoms with Crippen molar-refractivity contribution in [1.82, 2.24) is 0 Å². The Morgan fingerprint density at radius 1 is 0.571 bits per heavy atom. The number of hydrogen-bond donors (Lipinski definition) is 0. The van der Waals surface area contributed by atoms with E-state index in [1.165, 1.54) is 0 Å². The Morgan fingerprint density at radius 3 is 0.571 bits per heavy atom. The van der Waals surface area contributed by atoms with Gasteiger partial charge in [-0.3, -0.25) is 0 Å². The summed E-state index contributed by atoms with van der Waals surface area (Å²) in [6, 6.07) is 0. The van der Waals surface area contributed by atoms with Gasteiger partial charge in [0.05, 0.1) is 0 Å². The Labute approximate surface area is 73.4 Å². The molecule has 4 nitrogen and oxygen atoms in total. The minimum absolute atomic E-state index is 0. The molecule has 0 spiro atoms. The zero-order chi connectivity index (χ0) is 0. The summed E-state index contributed by atoms with van der Waals surface area (Å²) in [6.07, 6.45) is 0. The molecule has 0 bridgehead atoms. The molecule has 0 fully saturated rings. The number of hydrogen-bond acceptors (Lipinski definition) is 0. The summed E-state index contributed by atoms with van der Waals surface area (Å²) in [4.78, 5) is 0. The van der Waals surface area contributed by atoms with E-state index in [0.717, 1.165) is 0 Å². The molecule has 0 aromatic heterocycles. The normalized spacial score (nSPS) is 0. The van der Waals surface area contributed by atoms with Gasteiger partial charge in [0.1, 0.15) is 0 Å². The molecule has 0 aliphatic heterocycles. The van der Waals surface area contributed by atoms with Crippen molar-refractivity contribution in [3.8, 4) is 0 Å². The first-order valence-corrected chi connectivity index (χ1v) is 0. The summed E-state index contributed by atoms with van der Waals surface area (Å²) in [6.45, 7) is 0. The van der Waals surface area contributed by atoms with Gasteiger partial charge in [0, 0.05) is 0 Å². The zero-order valence-corrected chi connectivity index (χ0v) is 6.33. The minimum atomic E-state index is 0. The number of rotatable bonds is 0. The fourth-order valence-corrected chi connectivity index (χ4v) is 0. The summed E-state index contributed by atoms with van der Waals surface area (Å²) < 4.78 is 0. The van der Waals surface area contributed by atoms with Crippen LogP contribution in [-0.4, -0.2) is 0 Å². The molecule has 7 heteroatoms. The van der Waals surface area contributed by atoms with E-state index >= 15 is 0 Å². The summed E-state index contributed by atoms with van der Waals surface area (Å²) in [5, 5.41) is 0. The van der Waals surface area contributed by atoms with Crippen LogP contribution in [0.25, 0.3) is 0 Å². The second-order valence-electron chi connectivity index (χ2n) is 0. The third-order valence-corrected chi connectivity index (χ3v) is 0. The molecular weight excluding hydrogens is 227 g/mol. The first-order chi connectivity index (χ1) is 0. The van der Waals surface area contributed by atoms with Crippen LogP contribution in [0, 0.1) is 0 Å². The van der Waals surface area contributed by atoms with Gasteiger partial charge in [-0.25, -0.2) is 0 Å². The third kappa shape index (κ3) is 109. The van der Waals surface area contributed by atoms with Crippen molar-refractivity contribution >= 4 is 0 Å². The minimum Gasteiger partial charge on any atom is -2.00 e. The van der Waals surface area contributed by atoms with Crippen molar-refractivity contribution in [1.29, 1.82) is 0 Å². The van der Waals surface area contributed by atoms with Gasteiger partial charge in [0.25, 0.3) is 0 Å². The van der Waals surface area contributed by atoms with Crippen molar-refractivity contribution in [3.63, 3.8) is 0 Å². The molecule has 3 radical (unpaired) electrons. The van der Waals surface area contributed by atoms with Gasteiger partial charge >= 0.3 is 51.5 Å². The van der Waals surface area contributed by atoms with Crippen LogP contribution in [0.3, 0.4) is 0 Å². The molecule has 0 saturated heterocycles. The molecule has 0 aliphatic rings. The molecule has 0 amide bonds. The van der Waals surface area contributed by atoms with E-state index in [2.05, 4.69) is 0 Å². The predicted octanol–water partition coefficient (Wildman–Crippen LogP) is -0.483. The second kappa shape index (κ2) is 153. The predicted molar refractivity (Wildman–Crippen MR) is 2.75 cm³/mol. The van der Waals surface area contributed by atoms with Gasteiger partial charge in [0.15, 0.2) is 0 Å². The van der Waals surface area contributed by atoms with Crippen LogP contribution < -0.4 is 0 Å². The van der Waals surface area contributed by atoms with Gasteiger partial charge in [-0.1, -0.05) is 0 Å². The SMILES string of the molecule is [Cr+3].[Fe+3].[Mn+2].[O-2].[O-2].[O-2].[O-2]. The maximum Gasteiger partial charge on any atom is 3.00 e. The van der Waals surface area contributed by atoms with Crippen molar-refractivity contribution in [2.45, 2.75) is 0 Å². The van der Waals surface area contributed by atoms with Crippen LogP contribution in [0.4, 0.5) is 0 Å². The molecule has 0 rings (SSSR count). The third-order valence-electron chi connectivity index (χ3n) is 0. The van der Waals surface area contributed by atoms with E-state index in [4.69, 9.17) is 0 Å². The van der Waals surface area contributed by atoms with Crippen LogP contribution in [0.1, 0.15) is 0 Å². The van der Waals surface area contributed by atoms with Crippen LogP contribution in [0.5, 0.6) is 0 Å². The standard InChI is InChI=1S/Cr.Fe.Mn.4O/q2*+3;+2;4*-2. The molecule has 0 heterocycles. The average Bonchev–Trinajstić information content (AvgIpc) is 0. The molecule has 45 valence electrons. The molecule has 0 N–H and O–H groups in total. The van der Waals surface area contributed by atoms with E-state index in [0.29, 0.717) is 0 Å². The molecule has 0 saturated carbocycles. The average molecular weight is 227 g/mol. The van der Waals surface area contributed by atoms with E-state index in [1.54, 1.807) is 0 Å². The fourth-order valence-electron chi connectivity index (χ4n) is 0. The van der Waals surface area contributed by atoms with E-state index < -0.39 is 0 Å². The summed E-state index contributed by atoms with van der Waals surface area (Å²) >= 11 is 0. The Balaban J connectivity index is 0. The second-order valence-corrected chi connectivity index (χ2v) is 0. The van der Waals surface area contributed by atoms with Gasteiger partial charge in [-0.2, -0.15) is 0 Å². The Hall–Kier alpha value is 1.41. The Kier molecular flexibility index (Phi) is 5070. The molecule has 0 unspecified atom stereocenters. The smallest absolute Gasteiger partial charge is 2.00 e. The monoisotopic (exact) mass is 227 g/mol. The summed E-state index contributed by atoms with van der Waals surface area (Å²) in [5.74, 6) is 0. The van der Waals surface area contributed by atoms with Crippen LogP contribution in [0.15, 0.2) is 0 Å². The Bertz CT molecular complexity index is 11.7.